The number of nitrogens with zero attached hydrogens (tertiary/aromatic N) is 2. The van der Waals surface area contributed by atoms with E-state index in [1.165, 1.54) is 4.90 Å². The lowest BCUT2D eigenvalue weighted by atomic mass is 10.00. The summed E-state index contributed by atoms with van der Waals surface area (Å²) in [6, 6.07) is 19.4. The van der Waals surface area contributed by atoms with Gasteiger partial charge in [-0.05, 0) is 62.6 Å². The molecule has 36 heavy (non-hydrogen) atoms. The number of aryl methyl sites for hydroxylation is 2. The van der Waals surface area contributed by atoms with Gasteiger partial charge in [0, 0.05) is 30.8 Å². The van der Waals surface area contributed by atoms with Gasteiger partial charge in [-0.3, -0.25) is 19.3 Å². The highest BCUT2D eigenvalue weighted by Gasteiger charge is 2.33. The maximum Gasteiger partial charge on any atom is 0.248 e. The molecule has 1 heterocycles. The maximum atomic E-state index is 13.7. The van der Waals surface area contributed by atoms with Crippen molar-refractivity contribution in [3.63, 3.8) is 0 Å². The monoisotopic (exact) mass is 486 g/mol. The van der Waals surface area contributed by atoms with Crippen LogP contribution in [0, 0.1) is 6.92 Å². The molecule has 0 aliphatic rings. The number of hydrogen-bond donors (Lipinski definition) is 2. The van der Waals surface area contributed by atoms with Crippen molar-refractivity contribution in [1.29, 1.82) is 0 Å². The molecule has 7 nitrogen and oxygen atoms in total. The number of anilines is 2. The molecule has 3 rings (SSSR count). The third-order valence-corrected chi connectivity index (χ3v) is 5.72. The predicted octanol–water partition coefficient (Wildman–Crippen LogP) is 4.97. The van der Waals surface area contributed by atoms with E-state index in [-0.39, 0.29) is 36.6 Å². The summed E-state index contributed by atoms with van der Waals surface area (Å²) in [6.45, 7) is 7.80. The first kappa shape index (κ1) is 26.6. The highest BCUT2D eigenvalue weighted by Crippen LogP contribution is 2.30. The number of aromatic nitrogens is 1. The van der Waals surface area contributed by atoms with E-state index in [1.54, 1.807) is 24.4 Å². The lowest BCUT2D eigenvalue weighted by Gasteiger charge is -2.32. The van der Waals surface area contributed by atoms with Gasteiger partial charge in [-0.1, -0.05) is 55.0 Å². The molecule has 1 unspecified atom stereocenters. The minimum atomic E-state index is -0.883. The zero-order valence-electron chi connectivity index (χ0n) is 21.3. The fourth-order valence-electron chi connectivity index (χ4n) is 3.84. The van der Waals surface area contributed by atoms with E-state index in [2.05, 4.69) is 22.5 Å². The van der Waals surface area contributed by atoms with Crippen LogP contribution in [0.5, 0.6) is 0 Å². The zero-order chi connectivity index (χ0) is 26.1. The molecule has 0 aliphatic carbocycles. The lowest BCUT2D eigenvalue weighted by molar-refractivity contribution is -0.127. The van der Waals surface area contributed by atoms with Crippen molar-refractivity contribution in [2.45, 2.75) is 59.0 Å². The fraction of sp³-hybridized carbons (Fsp3) is 0.310. The van der Waals surface area contributed by atoms with Crippen molar-refractivity contribution in [1.82, 2.24) is 10.3 Å². The Balaban J connectivity index is 1.93. The number of hydrogen-bond acceptors (Lipinski definition) is 4. The molecule has 7 heteroatoms. The van der Waals surface area contributed by atoms with E-state index < -0.39 is 6.04 Å². The van der Waals surface area contributed by atoms with Crippen LogP contribution in [0.4, 0.5) is 11.5 Å². The van der Waals surface area contributed by atoms with E-state index >= 15 is 0 Å². The highest BCUT2D eigenvalue weighted by atomic mass is 16.2. The topological polar surface area (TPSA) is 91.4 Å². The number of carbonyl (C=O) groups is 3. The van der Waals surface area contributed by atoms with E-state index in [0.29, 0.717) is 17.1 Å². The van der Waals surface area contributed by atoms with Crippen LogP contribution in [0.2, 0.25) is 0 Å². The average Bonchev–Trinajstić information content (AvgIpc) is 2.87. The molecule has 2 N–H and O–H groups in total. The molecule has 3 aromatic rings. The largest absolute Gasteiger partial charge is 0.352 e. The summed E-state index contributed by atoms with van der Waals surface area (Å²) in [7, 11) is 0. The summed E-state index contributed by atoms with van der Waals surface area (Å²) in [4.78, 5) is 45.3. The molecule has 0 saturated heterocycles. The van der Waals surface area contributed by atoms with Crippen LogP contribution in [-0.4, -0.2) is 28.7 Å². The number of pyridine rings is 1. The fourth-order valence-corrected chi connectivity index (χ4v) is 3.84. The summed E-state index contributed by atoms with van der Waals surface area (Å²) in [5.41, 5.74) is 3.48. The zero-order valence-corrected chi connectivity index (χ0v) is 21.3. The SMILES string of the molecule is CCc1ccc(N(C(=O)CCC(=O)Nc2ccccn2)C(C(=O)NC(C)C)c2ccc(C)cc2)cc1. The standard InChI is InChI=1S/C29H34N4O3/c1-5-22-11-15-24(16-12-22)33(27(35)18-17-26(34)32-25-8-6-7-19-30-25)28(29(36)31-20(2)3)23-13-9-21(4)10-14-23/h6-16,19-20,28H,5,17-18H2,1-4H3,(H,31,36)(H,30,32,34). The van der Waals surface area contributed by atoms with Crippen LogP contribution in [0.25, 0.3) is 0 Å². The molecule has 1 aromatic heterocycles. The van der Waals surface area contributed by atoms with Crippen molar-refractivity contribution in [3.05, 3.63) is 89.6 Å². The third-order valence-electron chi connectivity index (χ3n) is 5.72. The van der Waals surface area contributed by atoms with Crippen LogP contribution in [0.3, 0.4) is 0 Å². The molecule has 0 bridgehead atoms. The minimum Gasteiger partial charge on any atom is -0.352 e. The molecule has 0 saturated carbocycles. The van der Waals surface area contributed by atoms with Gasteiger partial charge in [0.1, 0.15) is 11.9 Å². The predicted molar refractivity (Wildman–Crippen MR) is 143 cm³/mol. The van der Waals surface area contributed by atoms with Gasteiger partial charge in [0.15, 0.2) is 0 Å². The van der Waals surface area contributed by atoms with Crippen LogP contribution < -0.4 is 15.5 Å². The number of benzene rings is 2. The van der Waals surface area contributed by atoms with E-state index in [4.69, 9.17) is 0 Å². The van der Waals surface area contributed by atoms with Crippen molar-refractivity contribution in [2.75, 3.05) is 10.2 Å². The van der Waals surface area contributed by atoms with Gasteiger partial charge in [-0.15, -0.1) is 0 Å². The second-order valence-electron chi connectivity index (χ2n) is 9.02. The van der Waals surface area contributed by atoms with E-state index in [1.807, 2.05) is 69.3 Å². The highest BCUT2D eigenvalue weighted by molar-refractivity contribution is 6.03. The number of carbonyl (C=O) groups excluding carboxylic acids is 3. The van der Waals surface area contributed by atoms with E-state index in [9.17, 15) is 14.4 Å². The van der Waals surface area contributed by atoms with Crippen LogP contribution in [0.15, 0.2) is 72.9 Å². The molecule has 0 fully saturated rings. The molecule has 0 spiro atoms. The molecular formula is C29H34N4O3. The first-order valence-corrected chi connectivity index (χ1v) is 12.3. The Hall–Kier alpha value is -4.00. The van der Waals surface area contributed by atoms with Crippen molar-refractivity contribution >= 4 is 29.2 Å². The first-order chi connectivity index (χ1) is 17.3. The first-order valence-electron chi connectivity index (χ1n) is 12.3. The molecule has 0 aliphatic heterocycles. The minimum absolute atomic E-state index is 0.0363. The van der Waals surface area contributed by atoms with Crippen molar-refractivity contribution < 1.29 is 14.4 Å². The van der Waals surface area contributed by atoms with Crippen LogP contribution in [0.1, 0.15) is 56.3 Å². The number of nitrogens with one attached hydrogen (secondary N) is 2. The van der Waals surface area contributed by atoms with Crippen LogP contribution in [-0.2, 0) is 20.8 Å². The Morgan fingerprint density at radius 1 is 0.917 bits per heavy atom. The lowest BCUT2D eigenvalue weighted by Crippen LogP contribution is -2.46. The Morgan fingerprint density at radius 2 is 1.61 bits per heavy atom. The summed E-state index contributed by atoms with van der Waals surface area (Å²) in [6.07, 6.45) is 2.34. The van der Waals surface area contributed by atoms with Crippen LogP contribution >= 0.6 is 0 Å². The van der Waals surface area contributed by atoms with Gasteiger partial charge < -0.3 is 10.6 Å². The quantitative estimate of drug-likeness (QED) is 0.423. The van der Waals surface area contributed by atoms with Gasteiger partial charge in [-0.25, -0.2) is 4.98 Å². The van der Waals surface area contributed by atoms with Gasteiger partial charge in [0.2, 0.25) is 17.7 Å². The molecule has 188 valence electrons. The Morgan fingerprint density at radius 3 is 2.19 bits per heavy atom. The second kappa shape index (κ2) is 12.6. The molecular weight excluding hydrogens is 452 g/mol. The second-order valence-corrected chi connectivity index (χ2v) is 9.02. The maximum absolute atomic E-state index is 13.7. The third kappa shape index (κ3) is 7.25. The smallest absolute Gasteiger partial charge is 0.248 e. The van der Waals surface area contributed by atoms with E-state index in [0.717, 1.165) is 17.5 Å². The Kier molecular flexibility index (Phi) is 9.33. The van der Waals surface area contributed by atoms with Crippen molar-refractivity contribution in [2.24, 2.45) is 0 Å². The number of amides is 3. The molecule has 3 amide bonds. The normalized spacial score (nSPS) is 11.6. The summed E-state index contributed by atoms with van der Waals surface area (Å²) >= 11 is 0. The molecule has 1 atom stereocenters. The summed E-state index contributed by atoms with van der Waals surface area (Å²) < 4.78 is 0. The van der Waals surface area contributed by atoms with Gasteiger partial charge in [0.05, 0.1) is 0 Å². The van der Waals surface area contributed by atoms with Gasteiger partial charge >= 0.3 is 0 Å². The summed E-state index contributed by atoms with van der Waals surface area (Å²) in [5.74, 6) is -0.489. The van der Waals surface area contributed by atoms with Crippen molar-refractivity contribution in [3.8, 4) is 0 Å². The van der Waals surface area contributed by atoms with Gasteiger partial charge in [0.25, 0.3) is 0 Å². The summed E-state index contributed by atoms with van der Waals surface area (Å²) in [5, 5.41) is 5.67. The Labute approximate surface area is 212 Å². The molecule has 2 aromatic carbocycles. The Bertz CT molecular complexity index is 1160. The average molecular weight is 487 g/mol. The van der Waals surface area contributed by atoms with Gasteiger partial charge in [-0.2, -0.15) is 0 Å². The molecule has 0 radical (unpaired) electrons. The number of rotatable bonds is 10.